The van der Waals surface area contributed by atoms with E-state index in [4.69, 9.17) is 25.6 Å². The Morgan fingerprint density at radius 3 is 3.12 bits per heavy atom. The summed E-state index contributed by atoms with van der Waals surface area (Å²) in [6.07, 6.45) is 1.67. The van der Waals surface area contributed by atoms with Gasteiger partial charge in [-0.15, -0.1) is 0 Å². The van der Waals surface area contributed by atoms with Crippen molar-refractivity contribution < 1.29 is 18.8 Å². The predicted molar refractivity (Wildman–Crippen MR) is 88.5 cm³/mol. The minimum absolute atomic E-state index is 0.0287. The molecule has 0 fully saturated rings. The van der Waals surface area contributed by atoms with Gasteiger partial charge < -0.3 is 19.3 Å². The molecule has 6 nitrogen and oxygen atoms in total. The third-order valence-corrected chi connectivity index (χ3v) is 4.15. The number of carbonyl (C=O) groups excluding carboxylic acids is 1. The summed E-state index contributed by atoms with van der Waals surface area (Å²) in [6, 6.07) is 7.48. The summed E-state index contributed by atoms with van der Waals surface area (Å²) in [7, 11) is 1.63. The van der Waals surface area contributed by atoms with Crippen molar-refractivity contribution in [2.45, 2.75) is 19.3 Å². The molecular weight excluding hydrogens is 332 g/mol. The molecule has 0 saturated heterocycles. The first-order valence-electron chi connectivity index (χ1n) is 7.82. The second-order valence-electron chi connectivity index (χ2n) is 5.75. The van der Waals surface area contributed by atoms with E-state index in [1.54, 1.807) is 13.2 Å². The number of hydrogen-bond donors (Lipinski definition) is 1. The number of halogens is 1. The number of nitrogens with one attached hydrogen (secondary N) is 1. The molecule has 1 amide bonds. The zero-order valence-electron chi connectivity index (χ0n) is 13.4. The topological polar surface area (TPSA) is 73.6 Å². The number of para-hydroxylation sites is 1. The number of fused-ring (bicyclic) bond motifs is 1. The van der Waals surface area contributed by atoms with Crippen molar-refractivity contribution in [3.63, 3.8) is 0 Å². The standard InChI is InChI=1S/C17H19ClN2O4/c1-22-14-4-2-3-12-7-11(10-23-17(12)14)9-19-16(21)6-5-13-8-15(18)20-24-13/h2-4,8,11H,5-7,9-10H2,1H3,(H,19,21)/t11-/m0/s1. The van der Waals surface area contributed by atoms with Gasteiger partial charge in [-0.3, -0.25) is 4.79 Å². The van der Waals surface area contributed by atoms with Crippen molar-refractivity contribution in [1.82, 2.24) is 10.5 Å². The van der Waals surface area contributed by atoms with Crippen LogP contribution in [0.2, 0.25) is 5.15 Å². The lowest BCUT2D eigenvalue weighted by molar-refractivity contribution is -0.121. The number of rotatable bonds is 6. The number of aromatic nitrogens is 1. The van der Waals surface area contributed by atoms with Crippen LogP contribution in [0, 0.1) is 5.92 Å². The van der Waals surface area contributed by atoms with Gasteiger partial charge in [0.1, 0.15) is 5.76 Å². The summed E-state index contributed by atoms with van der Waals surface area (Å²) in [4.78, 5) is 11.9. The van der Waals surface area contributed by atoms with Crippen LogP contribution in [0.3, 0.4) is 0 Å². The van der Waals surface area contributed by atoms with Crippen molar-refractivity contribution in [3.05, 3.63) is 40.7 Å². The Balaban J connectivity index is 1.46. The van der Waals surface area contributed by atoms with Crippen LogP contribution in [0.5, 0.6) is 11.5 Å². The third-order valence-electron chi connectivity index (χ3n) is 3.97. The average Bonchev–Trinajstić information content (AvgIpc) is 3.02. The zero-order valence-corrected chi connectivity index (χ0v) is 14.1. The molecule has 1 aromatic carbocycles. The minimum Gasteiger partial charge on any atom is -0.493 e. The van der Waals surface area contributed by atoms with Gasteiger partial charge in [0.15, 0.2) is 16.7 Å². The van der Waals surface area contributed by atoms with Gasteiger partial charge in [-0.1, -0.05) is 28.9 Å². The van der Waals surface area contributed by atoms with Crippen LogP contribution in [0.1, 0.15) is 17.7 Å². The first kappa shape index (κ1) is 16.6. The maximum Gasteiger partial charge on any atom is 0.220 e. The molecule has 3 rings (SSSR count). The molecule has 0 bridgehead atoms. The predicted octanol–water partition coefficient (Wildman–Crippen LogP) is 2.64. The molecule has 1 aliphatic rings. The number of nitrogens with zero attached hydrogens (tertiary/aromatic N) is 1. The average molecular weight is 351 g/mol. The molecule has 1 aliphatic heterocycles. The fraction of sp³-hybridized carbons (Fsp3) is 0.412. The van der Waals surface area contributed by atoms with Gasteiger partial charge in [-0.05, 0) is 18.1 Å². The van der Waals surface area contributed by atoms with Crippen molar-refractivity contribution in [2.75, 3.05) is 20.3 Å². The Hall–Kier alpha value is -2.21. The lowest BCUT2D eigenvalue weighted by Gasteiger charge is -2.26. The molecule has 1 aromatic heterocycles. The Kier molecular flexibility index (Phi) is 5.25. The number of aryl methyl sites for hydroxylation is 1. The Bertz CT molecular complexity index is 716. The highest BCUT2D eigenvalue weighted by atomic mass is 35.5. The van der Waals surface area contributed by atoms with Crippen LogP contribution in [0.15, 0.2) is 28.8 Å². The van der Waals surface area contributed by atoms with Crippen molar-refractivity contribution >= 4 is 17.5 Å². The lowest BCUT2D eigenvalue weighted by atomic mass is 9.96. The molecule has 0 radical (unpaired) electrons. The van der Waals surface area contributed by atoms with Gasteiger partial charge in [-0.25, -0.2) is 0 Å². The molecule has 2 heterocycles. The monoisotopic (exact) mass is 350 g/mol. The highest BCUT2D eigenvalue weighted by Gasteiger charge is 2.23. The molecule has 1 atom stereocenters. The number of methoxy groups -OCH3 is 1. The van der Waals surface area contributed by atoms with Crippen molar-refractivity contribution in [3.8, 4) is 11.5 Å². The zero-order chi connectivity index (χ0) is 16.9. The molecule has 128 valence electrons. The van der Waals surface area contributed by atoms with E-state index in [2.05, 4.69) is 10.5 Å². The second-order valence-corrected chi connectivity index (χ2v) is 6.14. The Morgan fingerprint density at radius 1 is 1.50 bits per heavy atom. The van der Waals surface area contributed by atoms with Crippen LogP contribution in [-0.4, -0.2) is 31.3 Å². The molecule has 0 spiro atoms. The van der Waals surface area contributed by atoms with Gasteiger partial charge in [0.05, 0.1) is 13.7 Å². The van der Waals surface area contributed by atoms with Crippen molar-refractivity contribution in [1.29, 1.82) is 0 Å². The number of amides is 1. The van der Waals surface area contributed by atoms with Crippen LogP contribution in [0.25, 0.3) is 0 Å². The molecule has 7 heteroatoms. The van der Waals surface area contributed by atoms with Crippen LogP contribution in [-0.2, 0) is 17.6 Å². The molecule has 0 saturated carbocycles. The van der Waals surface area contributed by atoms with E-state index in [1.165, 1.54) is 0 Å². The maximum atomic E-state index is 11.9. The van der Waals surface area contributed by atoms with E-state index in [0.717, 1.165) is 23.5 Å². The van der Waals surface area contributed by atoms with Gasteiger partial charge in [0, 0.05) is 31.4 Å². The van der Waals surface area contributed by atoms with E-state index >= 15 is 0 Å². The third kappa shape index (κ3) is 4.00. The van der Waals surface area contributed by atoms with E-state index < -0.39 is 0 Å². The van der Waals surface area contributed by atoms with Crippen LogP contribution < -0.4 is 14.8 Å². The summed E-state index contributed by atoms with van der Waals surface area (Å²) in [5, 5.41) is 6.83. The fourth-order valence-corrected chi connectivity index (χ4v) is 2.89. The quantitative estimate of drug-likeness (QED) is 0.867. The van der Waals surface area contributed by atoms with Gasteiger partial charge >= 0.3 is 0 Å². The van der Waals surface area contributed by atoms with Crippen molar-refractivity contribution in [2.24, 2.45) is 5.92 Å². The molecular formula is C17H19ClN2O4. The van der Waals surface area contributed by atoms with Crippen LogP contribution >= 0.6 is 11.6 Å². The SMILES string of the molecule is COc1cccc2c1OC[C@H](CNC(=O)CCc1cc(Cl)no1)C2. The highest BCUT2D eigenvalue weighted by molar-refractivity contribution is 6.29. The van der Waals surface area contributed by atoms with Gasteiger partial charge in [0.25, 0.3) is 0 Å². The number of benzene rings is 1. The Morgan fingerprint density at radius 2 is 2.38 bits per heavy atom. The summed E-state index contributed by atoms with van der Waals surface area (Å²) in [6.45, 7) is 1.14. The molecule has 0 aliphatic carbocycles. The molecule has 0 unspecified atom stereocenters. The first-order chi connectivity index (χ1) is 11.7. The second kappa shape index (κ2) is 7.57. The summed E-state index contributed by atoms with van der Waals surface area (Å²) >= 11 is 5.67. The van der Waals surface area contributed by atoms with E-state index in [0.29, 0.717) is 36.9 Å². The van der Waals surface area contributed by atoms with E-state index in [-0.39, 0.29) is 11.8 Å². The minimum atomic E-state index is -0.0287. The van der Waals surface area contributed by atoms with E-state index in [1.807, 2.05) is 18.2 Å². The fourth-order valence-electron chi connectivity index (χ4n) is 2.74. The summed E-state index contributed by atoms with van der Waals surface area (Å²) < 4.78 is 16.1. The van der Waals surface area contributed by atoms with E-state index in [9.17, 15) is 4.79 Å². The van der Waals surface area contributed by atoms with Gasteiger partial charge in [-0.2, -0.15) is 0 Å². The molecule has 1 N–H and O–H groups in total. The summed E-state index contributed by atoms with van der Waals surface area (Å²) in [5.74, 6) is 2.38. The number of hydrogen-bond acceptors (Lipinski definition) is 5. The Labute approximate surface area is 145 Å². The summed E-state index contributed by atoms with van der Waals surface area (Å²) in [5.41, 5.74) is 1.11. The lowest BCUT2D eigenvalue weighted by Crippen LogP contribution is -2.35. The molecule has 24 heavy (non-hydrogen) atoms. The number of ether oxygens (including phenoxy) is 2. The first-order valence-corrected chi connectivity index (χ1v) is 8.20. The largest absolute Gasteiger partial charge is 0.493 e. The van der Waals surface area contributed by atoms with Crippen LogP contribution in [0.4, 0.5) is 0 Å². The van der Waals surface area contributed by atoms with Gasteiger partial charge in [0.2, 0.25) is 5.91 Å². The smallest absolute Gasteiger partial charge is 0.220 e. The highest BCUT2D eigenvalue weighted by Crippen LogP contribution is 2.35. The normalized spacial score (nSPS) is 16.2. The molecule has 2 aromatic rings. The number of carbonyl (C=O) groups is 1. The maximum absolute atomic E-state index is 11.9.